The van der Waals surface area contributed by atoms with Crippen LogP contribution in [0.2, 0.25) is 0 Å². The van der Waals surface area contributed by atoms with Crippen LogP contribution in [-0.2, 0) is 5.41 Å². The normalized spacial score (nSPS) is 22.7. The van der Waals surface area contributed by atoms with Gasteiger partial charge in [0.1, 0.15) is 0 Å². The Bertz CT molecular complexity index is 515. The van der Waals surface area contributed by atoms with Crippen LogP contribution in [0.5, 0.6) is 0 Å². The maximum atomic E-state index is 12.5. The predicted molar refractivity (Wildman–Crippen MR) is 93.4 cm³/mol. The maximum Gasteiger partial charge on any atom is 0.317 e. The molecule has 2 N–H and O–H groups in total. The molecule has 128 valence electrons. The van der Waals surface area contributed by atoms with Crippen molar-refractivity contribution in [2.24, 2.45) is 5.92 Å². The summed E-state index contributed by atoms with van der Waals surface area (Å²) in [4.78, 5) is 14.2. The molecule has 4 heteroatoms. The number of nitrogens with one attached hydrogen (secondary N) is 1. The lowest BCUT2D eigenvalue weighted by atomic mass is 9.78. The number of aliphatic hydroxyl groups is 1. The van der Waals surface area contributed by atoms with E-state index in [1.165, 1.54) is 5.56 Å². The number of nitrogens with zero attached hydrogens (tertiary/aromatic N) is 1. The van der Waals surface area contributed by atoms with Gasteiger partial charge in [0, 0.05) is 31.0 Å². The van der Waals surface area contributed by atoms with E-state index >= 15 is 0 Å². The van der Waals surface area contributed by atoms with Crippen LogP contribution in [0.1, 0.15) is 45.6 Å². The Morgan fingerprint density at radius 3 is 2.57 bits per heavy atom. The average Bonchev–Trinajstić information content (AvgIpc) is 2.93. The third-order valence-electron chi connectivity index (χ3n) is 5.41. The summed E-state index contributed by atoms with van der Waals surface area (Å²) in [6, 6.07) is 10.2. The third-order valence-corrected chi connectivity index (χ3v) is 5.41. The Kier molecular flexibility index (Phi) is 5.69. The molecule has 23 heavy (non-hydrogen) atoms. The average molecular weight is 318 g/mol. The topological polar surface area (TPSA) is 52.6 Å². The van der Waals surface area contributed by atoms with Crippen LogP contribution in [0.25, 0.3) is 0 Å². The Morgan fingerprint density at radius 2 is 2.00 bits per heavy atom. The van der Waals surface area contributed by atoms with Crippen LogP contribution in [-0.4, -0.2) is 41.8 Å². The van der Waals surface area contributed by atoms with Gasteiger partial charge in [-0.1, -0.05) is 50.6 Å². The Hall–Kier alpha value is -1.55. The SMILES string of the molecule is CC(NC(=O)N(C)CC1CCCC1O)C(C)(C)c1ccccc1. The molecule has 1 fully saturated rings. The van der Waals surface area contributed by atoms with Crippen molar-refractivity contribution < 1.29 is 9.90 Å². The highest BCUT2D eigenvalue weighted by atomic mass is 16.3. The standard InChI is InChI=1S/C19H30N2O2/c1-14(19(2,3)16-10-6-5-7-11-16)20-18(23)21(4)13-15-9-8-12-17(15)22/h5-7,10-11,14-15,17,22H,8-9,12-13H2,1-4H3,(H,20,23). The van der Waals surface area contributed by atoms with E-state index < -0.39 is 0 Å². The van der Waals surface area contributed by atoms with E-state index in [1.807, 2.05) is 32.2 Å². The van der Waals surface area contributed by atoms with E-state index in [2.05, 4.69) is 31.3 Å². The summed E-state index contributed by atoms with van der Waals surface area (Å²) in [6.07, 6.45) is 2.66. The zero-order chi connectivity index (χ0) is 17.0. The van der Waals surface area contributed by atoms with E-state index in [1.54, 1.807) is 4.90 Å². The number of urea groups is 1. The summed E-state index contributed by atoms with van der Waals surface area (Å²) in [5, 5.41) is 13.0. The largest absolute Gasteiger partial charge is 0.393 e. The van der Waals surface area contributed by atoms with Crippen molar-refractivity contribution in [3.63, 3.8) is 0 Å². The zero-order valence-electron chi connectivity index (χ0n) is 14.7. The first-order valence-corrected chi connectivity index (χ1v) is 8.57. The molecule has 2 rings (SSSR count). The Labute approximate surface area is 139 Å². The molecule has 1 aromatic carbocycles. The van der Waals surface area contributed by atoms with Gasteiger partial charge in [-0.15, -0.1) is 0 Å². The number of rotatable bonds is 5. The van der Waals surface area contributed by atoms with E-state index in [0.29, 0.717) is 6.54 Å². The quantitative estimate of drug-likeness (QED) is 0.876. The van der Waals surface area contributed by atoms with E-state index in [9.17, 15) is 9.90 Å². The van der Waals surface area contributed by atoms with Gasteiger partial charge in [0.2, 0.25) is 0 Å². The van der Waals surface area contributed by atoms with E-state index in [-0.39, 0.29) is 29.5 Å². The minimum atomic E-state index is -0.261. The lowest BCUT2D eigenvalue weighted by molar-refractivity contribution is 0.113. The smallest absolute Gasteiger partial charge is 0.317 e. The molecule has 0 radical (unpaired) electrons. The van der Waals surface area contributed by atoms with Gasteiger partial charge in [0.05, 0.1) is 6.10 Å². The first-order chi connectivity index (χ1) is 10.8. The molecule has 1 saturated carbocycles. The van der Waals surface area contributed by atoms with E-state index in [0.717, 1.165) is 19.3 Å². The number of carbonyl (C=O) groups excluding carboxylic acids is 1. The summed E-state index contributed by atoms with van der Waals surface area (Å²) >= 11 is 0. The number of amides is 2. The second-order valence-corrected chi connectivity index (χ2v) is 7.40. The van der Waals surface area contributed by atoms with Crippen LogP contribution in [0.15, 0.2) is 30.3 Å². The van der Waals surface area contributed by atoms with Crippen molar-refractivity contribution in [3.05, 3.63) is 35.9 Å². The highest BCUT2D eigenvalue weighted by Gasteiger charge is 2.31. The summed E-state index contributed by atoms with van der Waals surface area (Å²) < 4.78 is 0. The van der Waals surface area contributed by atoms with Gasteiger partial charge >= 0.3 is 6.03 Å². The molecule has 3 atom stereocenters. The summed E-state index contributed by atoms with van der Waals surface area (Å²) in [6.45, 7) is 6.96. The highest BCUT2D eigenvalue weighted by Crippen LogP contribution is 2.28. The van der Waals surface area contributed by atoms with E-state index in [4.69, 9.17) is 0 Å². The molecule has 2 amide bonds. The monoisotopic (exact) mass is 318 g/mol. The first-order valence-electron chi connectivity index (χ1n) is 8.57. The number of carbonyl (C=O) groups is 1. The molecular weight excluding hydrogens is 288 g/mol. The van der Waals surface area contributed by atoms with Gasteiger partial charge in [0.25, 0.3) is 0 Å². The minimum Gasteiger partial charge on any atom is -0.393 e. The molecule has 3 unspecified atom stereocenters. The Morgan fingerprint density at radius 1 is 1.35 bits per heavy atom. The molecular formula is C19H30N2O2. The molecule has 0 saturated heterocycles. The third kappa shape index (κ3) is 4.25. The fourth-order valence-electron chi connectivity index (χ4n) is 3.26. The lowest BCUT2D eigenvalue weighted by Gasteiger charge is -2.34. The van der Waals surface area contributed by atoms with Crippen molar-refractivity contribution in [1.29, 1.82) is 0 Å². The lowest BCUT2D eigenvalue weighted by Crippen LogP contribution is -2.50. The minimum absolute atomic E-state index is 0.00773. The van der Waals surface area contributed by atoms with Crippen molar-refractivity contribution in [2.45, 2.75) is 57.6 Å². The van der Waals surface area contributed by atoms with Crippen LogP contribution < -0.4 is 5.32 Å². The molecule has 0 heterocycles. The van der Waals surface area contributed by atoms with Gasteiger partial charge < -0.3 is 15.3 Å². The predicted octanol–water partition coefficient (Wildman–Crippen LogP) is 3.16. The molecule has 0 aliphatic heterocycles. The van der Waals surface area contributed by atoms with Crippen molar-refractivity contribution in [1.82, 2.24) is 10.2 Å². The molecule has 0 spiro atoms. The number of hydrogen-bond donors (Lipinski definition) is 2. The fraction of sp³-hybridized carbons (Fsp3) is 0.632. The molecule has 1 aliphatic rings. The van der Waals surface area contributed by atoms with Crippen molar-refractivity contribution in [2.75, 3.05) is 13.6 Å². The highest BCUT2D eigenvalue weighted by molar-refractivity contribution is 5.74. The van der Waals surface area contributed by atoms with Crippen molar-refractivity contribution >= 4 is 6.03 Å². The molecule has 1 aromatic rings. The second kappa shape index (κ2) is 7.35. The number of hydrogen-bond acceptors (Lipinski definition) is 2. The van der Waals surface area contributed by atoms with Gasteiger partial charge in [-0.3, -0.25) is 0 Å². The number of aliphatic hydroxyl groups excluding tert-OH is 1. The second-order valence-electron chi connectivity index (χ2n) is 7.40. The number of benzene rings is 1. The van der Waals surface area contributed by atoms with Gasteiger partial charge in [-0.25, -0.2) is 4.79 Å². The van der Waals surface area contributed by atoms with Crippen LogP contribution in [0.3, 0.4) is 0 Å². The fourth-order valence-corrected chi connectivity index (χ4v) is 3.26. The van der Waals surface area contributed by atoms with Gasteiger partial charge in [-0.05, 0) is 25.3 Å². The van der Waals surface area contributed by atoms with Crippen LogP contribution in [0, 0.1) is 5.92 Å². The summed E-state index contributed by atoms with van der Waals surface area (Å²) in [5.74, 6) is 0.211. The molecule has 0 bridgehead atoms. The van der Waals surface area contributed by atoms with Gasteiger partial charge in [0.15, 0.2) is 0 Å². The maximum absolute atomic E-state index is 12.5. The van der Waals surface area contributed by atoms with Crippen molar-refractivity contribution in [3.8, 4) is 0 Å². The molecule has 0 aromatic heterocycles. The first kappa shape index (κ1) is 17.8. The van der Waals surface area contributed by atoms with Gasteiger partial charge in [-0.2, -0.15) is 0 Å². The Balaban J connectivity index is 1.93. The van der Waals surface area contributed by atoms with Crippen LogP contribution >= 0.6 is 0 Å². The molecule has 1 aliphatic carbocycles. The summed E-state index contributed by atoms with van der Waals surface area (Å²) in [7, 11) is 1.81. The zero-order valence-corrected chi connectivity index (χ0v) is 14.7. The molecule has 4 nitrogen and oxygen atoms in total. The summed E-state index contributed by atoms with van der Waals surface area (Å²) in [5.41, 5.74) is 1.06. The van der Waals surface area contributed by atoms with Crippen LogP contribution in [0.4, 0.5) is 4.79 Å².